The van der Waals surface area contributed by atoms with E-state index in [1.54, 1.807) is 18.4 Å². The van der Waals surface area contributed by atoms with E-state index < -0.39 is 0 Å². The molecule has 4 heteroatoms. The lowest BCUT2D eigenvalue weighted by atomic mass is 9.97. The van der Waals surface area contributed by atoms with E-state index in [1.165, 1.54) is 0 Å². The van der Waals surface area contributed by atoms with Crippen LogP contribution in [0.3, 0.4) is 0 Å². The second-order valence-electron chi connectivity index (χ2n) is 3.93. The number of halogens is 1. The molecule has 1 aromatic rings. The predicted octanol–water partition coefficient (Wildman–Crippen LogP) is 3.48. The van der Waals surface area contributed by atoms with Crippen molar-refractivity contribution in [1.29, 1.82) is 0 Å². The van der Waals surface area contributed by atoms with Gasteiger partial charge in [0.1, 0.15) is 0 Å². The number of likely N-dealkylation sites (N-methyl/N-ethyl adjacent to an activating group) is 1. The van der Waals surface area contributed by atoms with Gasteiger partial charge in [0, 0.05) is 12.0 Å². The Kier molecular flexibility index (Phi) is 4.59. The van der Waals surface area contributed by atoms with Gasteiger partial charge in [-0.15, -0.1) is 11.3 Å². The average Bonchev–Trinajstić information content (AvgIpc) is 2.60. The topological polar surface area (TPSA) is 21.3 Å². The van der Waals surface area contributed by atoms with Crippen LogP contribution in [0.1, 0.15) is 31.7 Å². The van der Waals surface area contributed by atoms with E-state index >= 15 is 0 Å². The summed E-state index contributed by atoms with van der Waals surface area (Å²) in [4.78, 5) is 1.14. The fourth-order valence-corrected chi connectivity index (χ4v) is 2.90. The SMILES string of the molecule is CCNC(c1sccc1Cl)C(C)(C)OC. The molecule has 1 rings (SSSR count). The molecule has 0 radical (unpaired) electrons. The van der Waals surface area contributed by atoms with Gasteiger partial charge in [-0.2, -0.15) is 0 Å². The largest absolute Gasteiger partial charge is 0.377 e. The Hall–Kier alpha value is -0.0900. The van der Waals surface area contributed by atoms with Crippen molar-refractivity contribution in [3.8, 4) is 0 Å². The summed E-state index contributed by atoms with van der Waals surface area (Å²) >= 11 is 7.81. The van der Waals surface area contributed by atoms with Crippen LogP contribution in [0.25, 0.3) is 0 Å². The van der Waals surface area contributed by atoms with Crippen molar-refractivity contribution in [1.82, 2.24) is 5.32 Å². The van der Waals surface area contributed by atoms with Gasteiger partial charge in [-0.05, 0) is 31.8 Å². The van der Waals surface area contributed by atoms with E-state index in [4.69, 9.17) is 16.3 Å². The monoisotopic (exact) mass is 247 g/mol. The molecular formula is C11H18ClNOS. The summed E-state index contributed by atoms with van der Waals surface area (Å²) in [5, 5.41) is 6.24. The lowest BCUT2D eigenvalue weighted by Gasteiger charge is -2.33. The minimum Gasteiger partial charge on any atom is -0.377 e. The number of hydrogen-bond donors (Lipinski definition) is 1. The van der Waals surface area contributed by atoms with Gasteiger partial charge in [-0.3, -0.25) is 0 Å². The third kappa shape index (κ3) is 2.94. The fraction of sp³-hybridized carbons (Fsp3) is 0.636. The zero-order valence-corrected chi connectivity index (χ0v) is 11.2. The van der Waals surface area contributed by atoms with E-state index in [0.717, 1.165) is 16.4 Å². The van der Waals surface area contributed by atoms with Crippen LogP contribution in [0.15, 0.2) is 11.4 Å². The zero-order valence-electron chi connectivity index (χ0n) is 9.63. The zero-order chi connectivity index (χ0) is 11.5. The summed E-state index contributed by atoms with van der Waals surface area (Å²) in [6.07, 6.45) is 0. The van der Waals surface area contributed by atoms with Crippen LogP contribution in [-0.4, -0.2) is 19.3 Å². The first kappa shape index (κ1) is 13.0. The van der Waals surface area contributed by atoms with E-state index in [-0.39, 0.29) is 11.6 Å². The van der Waals surface area contributed by atoms with E-state index in [0.29, 0.717) is 0 Å². The molecule has 2 nitrogen and oxygen atoms in total. The van der Waals surface area contributed by atoms with E-state index in [2.05, 4.69) is 26.1 Å². The maximum absolute atomic E-state index is 6.15. The third-order valence-corrected chi connectivity index (χ3v) is 3.96. The van der Waals surface area contributed by atoms with Crippen molar-refractivity contribution in [2.24, 2.45) is 0 Å². The minimum atomic E-state index is -0.259. The predicted molar refractivity (Wildman–Crippen MR) is 66.8 cm³/mol. The summed E-state index contributed by atoms with van der Waals surface area (Å²) in [7, 11) is 1.73. The molecule has 1 atom stereocenters. The summed E-state index contributed by atoms with van der Waals surface area (Å²) in [5.41, 5.74) is -0.259. The second-order valence-corrected chi connectivity index (χ2v) is 5.29. The van der Waals surface area contributed by atoms with Gasteiger partial charge < -0.3 is 10.1 Å². The molecule has 0 fully saturated rings. The summed E-state index contributed by atoms with van der Waals surface area (Å²) in [6.45, 7) is 7.11. The Morgan fingerprint density at radius 2 is 2.27 bits per heavy atom. The van der Waals surface area contributed by atoms with Gasteiger partial charge in [0.25, 0.3) is 0 Å². The lowest BCUT2D eigenvalue weighted by molar-refractivity contribution is -0.00963. The van der Waals surface area contributed by atoms with Crippen LogP contribution in [0, 0.1) is 0 Å². The van der Waals surface area contributed by atoms with Crippen LogP contribution >= 0.6 is 22.9 Å². The number of ether oxygens (including phenoxy) is 1. The number of thiophene rings is 1. The molecule has 0 amide bonds. The highest BCUT2D eigenvalue weighted by Crippen LogP contribution is 2.36. The molecule has 0 bridgehead atoms. The van der Waals surface area contributed by atoms with Gasteiger partial charge in [0.05, 0.1) is 16.7 Å². The fourth-order valence-electron chi connectivity index (χ4n) is 1.49. The molecule has 1 aromatic heterocycles. The maximum atomic E-state index is 6.15. The normalized spacial score (nSPS) is 14.2. The van der Waals surface area contributed by atoms with Crippen LogP contribution < -0.4 is 5.32 Å². The molecule has 86 valence electrons. The Bertz CT molecular complexity index is 311. The second kappa shape index (κ2) is 5.30. The Balaban J connectivity index is 2.98. The molecule has 0 saturated carbocycles. The van der Waals surface area contributed by atoms with Crippen LogP contribution in [0.4, 0.5) is 0 Å². The van der Waals surface area contributed by atoms with Gasteiger partial charge in [0.2, 0.25) is 0 Å². The first-order valence-corrected chi connectivity index (χ1v) is 6.30. The number of nitrogens with one attached hydrogen (secondary N) is 1. The highest BCUT2D eigenvalue weighted by molar-refractivity contribution is 7.10. The first-order valence-electron chi connectivity index (χ1n) is 5.04. The smallest absolute Gasteiger partial charge is 0.0825 e. The van der Waals surface area contributed by atoms with Crippen molar-refractivity contribution in [3.05, 3.63) is 21.3 Å². The van der Waals surface area contributed by atoms with Crippen LogP contribution in [0.2, 0.25) is 5.02 Å². The Morgan fingerprint density at radius 3 is 2.67 bits per heavy atom. The van der Waals surface area contributed by atoms with Crippen molar-refractivity contribution < 1.29 is 4.74 Å². The van der Waals surface area contributed by atoms with Crippen molar-refractivity contribution >= 4 is 22.9 Å². The van der Waals surface area contributed by atoms with Crippen molar-refractivity contribution in [2.75, 3.05) is 13.7 Å². The molecular weight excluding hydrogens is 230 g/mol. The summed E-state index contributed by atoms with van der Waals surface area (Å²) in [5.74, 6) is 0. The maximum Gasteiger partial charge on any atom is 0.0825 e. The Morgan fingerprint density at radius 1 is 1.60 bits per heavy atom. The highest BCUT2D eigenvalue weighted by atomic mass is 35.5. The third-order valence-electron chi connectivity index (χ3n) is 2.54. The molecule has 1 heterocycles. The average molecular weight is 248 g/mol. The molecule has 0 aromatic carbocycles. The molecule has 0 aliphatic rings. The highest BCUT2D eigenvalue weighted by Gasteiger charge is 2.32. The number of methoxy groups -OCH3 is 1. The van der Waals surface area contributed by atoms with Crippen molar-refractivity contribution in [3.63, 3.8) is 0 Å². The summed E-state index contributed by atoms with van der Waals surface area (Å²) < 4.78 is 5.52. The van der Waals surface area contributed by atoms with Gasteiger partial charge in [-0.25, -0.2) is 0 Å². The molecule has 0 spiro atoms. The quantitative estimate of drug-likeness (QED) is 0.860. The molecule has 0 aliphatic carbocycles. The minimum absolute atomic E-state index is 0.139. The first-order chi connectivity index (χ1) is 7.03. The lowest BCUT2D eigenvalue weighted by Crippen LogP contribution is -2.40. The molecule has 1 N–H and O–H groups in total. The van der Waals surface area contributed by atoms with Gasteiger partial charge in [-0.1, -0.05) is 18.5 Å². The van der Waals surface area contributed by atoms with E-state index in [1.807, 2.05) is 11.4 Å². The Labute approximate surface area is 101 Å². The van der Waals surface area contributed by atoms with Gasteiger partial charge in [0.15, 0.2) is 0 Å². The number of rotatable bonds is 5. The molecule has 0 saturated heterocycles. The summed E-state index contributed by atoms with van der Waals surface area (Å²) in [6, 6.07) is 2.07. The van der Waals surface area contributed by atoms with E-state index in [9.17, 15) is 0 Å². The molecule has 1 unspecified atom stereocenters. The molecule has 15 heavy (non-hydrogen) atoms. The molecule has 0 aliphatic heterocycles. The standard InChI is InChI=1S/C11H18ClNOS/c1-5-13-10(11(2,3)14-4)9-8(12)6-7-15-9/h6-7,10,13H,5H2,1-4H3. The van der Waals surface area contributed by atoms with Crippen LogP contribution in [0.5, 0.6) is 0 Å². The van der Waals surface area contributed by atoms with Crippen LogP contribution in [-0.2, 0) is 4.74 Å². The van der Waals surface area contributed by atoms with Gasteiger partial charge >= 0.3 is 0 Å². The number of hydrogen-bond acceptors (Lipinski definition) is 3. The van der Waals surface area contributed by atoms with Crippen molar-refractivity contribution in [2.45, 2.75) is 32.4 Å².